The van der Waals surface area contributed by atoms with Gasteiger partial charge in [0.1, 0.15) is 5.52 Å². The fourth-order valence-electron chi connectivity index (χ4n) is 3.11. The summed E-state index contributed by atoms with van der Waals surface area (Å²) in [6.07, 6.45) is 5.77. The van der Waals surface area contributed by atoms with Crippen LogP contribution in [0.5, 0.6) is 0 Å². The van der Waals surface area contributed by atoms with Crippen LogP contribution in [0.15, 0.2) is 36.7 Å². The summed E-state index contributed by atoms with van der Waals surface area (Å²) in [5.74, 6) is 0.882. The average molecular weight is 279 g/mol. The smallest absolute Gasteiger partial charge is 0.152 e. The van der Waals surface area contributed by atoms with Gasteiger partial charge in [0.15, 0.2) is 5.82 Å². The lowest BCUT2D eigenvalue weighted by Crippen LogP contribution is -2.09. The number of rotatable bonds is 2. The molecule has 1 unspecified atom stereocenters. The molecule has 0 saturated heterocycles. The van der Waals surface area contributed by atoms with Crippen molar-refractivity contribution < 1.29 is 0 Å². The third-order valence-corrected chi connectivity index (χ3v) is 4.07. The number of nitrogens with two attached hydrogens (primary N) is 1. The summed E-state index contributed by atoms with van der Waals surface area (Å²) in [5.41, 5.74) is 11.4. The zero-order chi connectivity index (χ0) is 14.4. The van der Waals surface area contributed by atoms with Gasteiger partial charge in [-0.2, -0.15) is 5.10 Å². The Labute approximate surface area is 122 Å². The van der Waals surface area contributed by atoms with Gasteiger partial charge in [-0.3, -0.25) is 0 Å². The van der Waals surface area contributed by atoms with E-state index in [1.165, 1.54) is 11.1 Å². The van der Waals surface area contributed by atoms with Gasteiger partial charge in [-0.1, -0.05) is 6.07 Å². The zero-order valence-corrected chi connectivity index (χ0v) is 11.9. The first-order valence-electron chi connectivity index (χ1n) is 7.16. The molecule has 0 bridgehead atoms. The van der Waals surface area contributed by atoms with Crippen molar-refractivity contribution in [3.05, 3.63) is 53.5 Å². The second kappa shape index (κ2) is 4.48. The van der Waals surface area contributed by atoms with Crippen LogP contribution in [-0.2, 0) is 6.42 Å². The van der Waals surface area contributed by atoms with Gasteiger partial charge < -0.3 is 11.1 Å². The van der Waals surface area contributed by atoms with E-state index in [0.717, 1.165) is 35.6 Å². The molecular weight excluding hydrogens is 262 g/mol. The molecule has 1 aromatic carbocycles. The second-order valence-electron chi connectivity index (χ2n) is 5.59. The minimum absolute atomic E-state index is 0.287. The Kier molecular flexibility index (Phi) is 2.60. The van der Waals surface area contributed by atoms with Crippen LogP contribution in [0, 0.1) is 6.92 Å². The maximum atomic E-state index is 5.86. The molecule has 1 aliphatic rings. The number of nitrogens with zero attached hydrogens (tertiary/aromatic N) is 3. The van der Waals surface area contributed by atoms with Crippen LogP contribution in [0.25, 0.3) is 5.52 Å². The van der Waals surface area contributed by atoms with E-state index in [1.54, 1.807) is 6.20 Å². The van der Waals surface area contributed by atoms with Crippen molar-refractivity contribution in [1.82, 2.24) is 14.6 Å². The minimum Gasteiger partial charge on any atom is -0.399 e. The topological polar surface area (TPSA) is 68.2 Å². The Morgan fingerprint density at radius 1 is 1.33 bits per heavy atom. The number of fused-ring (bicyclic) bond motifs is 2. The number of nitrogen functional groups attached to an aromatic ring is 1. The normalized spacial score (nSPS) is 17.1. The van der Waals surface area contributed by atoms with Crippen LogP contribution >= 0.6 is 0 Å². The van der Waals surface area contributed by atoms with Gasteiger partial charge in [0.25, 0.3) is 0 Å². The van der Waals surface area contributed by atoms with Crippen molar-refractivity contribution in [1.29, 1.82) is 0 Å². The molecule has 3 N–H and O–H groups in total. The molecule has 0 spiro atoms. The van der Waals surface area contributed by atoms with Gasteiger partial charge in [-0.05, 0) is 49.1 Å². The second-order valence-corrected chi connectivity index (χ2v) is 5.59. The predicted octanol–water partition coefficient (Wildman–Crippen LogP) is 2.72. The van der Waals surface area contributed by atoms with E-state index in [9.17, 15) is 0 Å². The Hall–Kier alpha value is -2.56. The van der Waals surface area contributed by atoms with Gasteiger partial charge >= 0.3 is 0 Å². The standard InChI is InChI=1S/C16H17N5/c1-10-8-15-16(18-6-7-21(15)20-10)19-14-5-2-11-9-12(17)3-4-13(11)14/h3-4,6-9,14H,2,5,17H2,1H3,(H,18,19). The quantitative estimate of drug-likeness (QED) is 0.708. The van der Waals surface area contributed by atoms with E-state index in [1.807, 2.05) is 29.8 Å². The van der Waals surface area contributed by atoms with Crippen molar-refractivity contribution in [2.24, 2.45) is 0 Å². The van der Waals surface area contributed by atoms with Crippen molar-refractivity contribution in [2.75, 3.05) is 11.1 Å². The molecule has 5 nitrogen and oxygen atoms in total. The number of aryl methyl sites for hydroxylation is 2. The van der Waals surface area contributed by atoms with E-state index in [4.69, 9.17) is 5.73 Å². The maximum Gasteiger partial charge on any atom is 0.152 e. The monoisotopic (exact) mass is 279 g/mol. The molecule has 1 aliphatic carbocycles. The number of aromatic nitrogens is 3. The van der Waals surface area contributed by atoms with E-state index in [2.05, 4.69) is 27.5 Å². The molecule has 0 amide bonds. The molecular formula is C16H17N5. The third-order valence-electron chi connectivity index (χ3n) is 4.07. The average Bonchev–Trinajstić information content (AvgIpc) is 3.02. The summed E-state index contributed by atoms with van der Waals surface area (Å²) in [6.45, 7) is 1.99. The number of nitrogens with one attached hydrogen (secondary N) is 1. The molecule has 106 valence electrons. The predicted molar refractivity (Wildman–Crippen MR) is 83.3 cm³/mol. The lowest BCUT2D eigenvalue weighted by atomic mass is 10.1. The lowest BCUT2D eigenvalue weighted by molar-refractivity contribution is 0.756. The summed E-state index contributed by atoms with van der Waals surface area (Å²) in [5, 5.41) is 7.98. The van der Waals surface area contributed by atoms with E-state index in [-0.39, 0.29) is 6.04 Å². The molecule has 5 heteroatoms. The lowest BCUT2D eigenvalue weighted by Gasteiger charge is -2.15. The van der Waals surface area contributed by atoms with E-state index in [0.29, 0.717) is 0 Å². The molecule has 0 saturated carbocycles. The third kappa shape index (κ3) is 2.01. The first-order chi connectivity index (χ1) is 10.2. The zero-order valence-electron chi connectivity index (χ0n) is 11.9. The SMILES string of the molecule is Cc1cc2c(NC3CCc4cc(N)ccc43)nccn2n1. The van der Waals surface area contributed by atoms with Crippen molar-refractivity contribution >= 4 is 17.0 Å². The fourth-order valence-corrected chi connectivity index (χ4v) is 3.11. The Morgan fingerprint density at radius 3 is 3.14 bits per heavy atom. The molecule has 4 rings (SSSR count). The Balaban J connectivity index is 1.71. The highest BCUT2D eigenvalue weighted by Gasteiger charge is 2.23. The first kappa shape index (κ1) is 12.2. The molecule has 2 heterocycles. The van der Waals surface area contributed by atoms with Gasteiger partial charge in [-0.15, -0.1) is 0 Å². The fraction of sp³-hybridized carbons (Fsp3) is 0.250. The van der Waals surface area contributed by atoms with Gasteiger partial charge in [0.2, 0.25) is 0 Å². The Morgan fingerprint density at radius 2 is 2.24 bits per heavy atom. The van der Waals surface area contributed by atoms with E-state index >= 15 is 0 Å². The summed E-state index contributed by atoms with van der Waals surface area (Å²) in [6, 6.07) is 8.50. The summed E-state index contributed by atoms with van der Waals surface area (Å²) < 4.78 is 1.86. The number of benzene rings is 1. The molecule has 1 atom stereocenters. The van der Waals surface area contributed by atoms with Crippen LogP contribution in [0.2, 0.25) is 0 Å². The first-order valence-corrected chi connectivity index (χ1v) is 7.16. The van der Waals surface area contributed by atoms with Gasteiger partial charge in [0.05, 0.1) is 11.7 Å². The summed E-state index contributed by atoms with van der Waals surface area (Å²) in [4.78, 5) is 4.48. The minimum atomic E-state index is 0.287. The van der Waals surface area contributed by atoms with Gasteiger partial charge in [0, 0.05) is 18.1 Å². The highest BCUT2D eigenvalue weighted by Crippen LogP contribution is 2.35. The highest BCUT2D eigenvalue weighted by atomic mass is 15.2. The Bertz CT molecular complexity index is 821. The van der Waals surface area contributed by atoms with Crippen LogP contribution in [-0.4, -0.2) is 14.6 Å². The largest absolute Gasteiger partial charge is 0.399 e. The molecule has 2 aromatic heterocycles. The van der Waals surface area contributed by atoms with Crippen LogP contribution < -0.4 is 11.1 Å². The van der Waals surface area contributed by atoms with Crippen molar-refractivity contribution in [3.63, 3.8) is 0 Å². The van der Waals surface area contributed by atoms with Crippen LogP contribution in [0.1, 0.15) is 29.3 Å². The molecule has 3 aromatic rings. The van der Waals surface area contributed by atoms with Crippen LogP contribution in [0.4, 0.5) is 11.5 Å². The molecule has 0 fully saturated rings. The van der Waals surface area contributed by atoms with Crippen molar-refractivity contribution in [2.45, 2.75) is 25.8 Å². The molecule has 21 heavy (non-hydrogen) atoms. The summed E-state index contributed by atoms with van der Waals surface area (Å²) in [7, 11) is 0. The van der Waals surface area contributed by atoms with Crippen molar-refractivity contribution in [3.8, 4) is 0 Å². The number of hydrogen-bond acceptors (Lipinski definition) is 4. The van der Waals surface area contributed by atoms with E-state index < -0.39 is 0 Å². The van der Waals surface area contributed by atoms with Gasteiger partial charge in [-0.25, -0.2) is 9.50 Å². The highest BCUT2D eigenvalue weighted by molar-refractivity contribution is 5.68. The van der Waals surface area contributed by atoms with Crippen LogP contribution in [0.3, 0.4) is 0 Å². The number of anilines is 2. The summed E-state index contributed by atoms with van der Waals surface area (Å²) >= 11 is 0. The maximum absolute atomic E-state index is 5.86. The molecule has 0 radical (unpaired) electrons. The molecule has 0 aliphatic heterocycles. The number of hydrogen-bond donors (Lipinski definition) is 2.